The number of benzene rings is 2. The molecule has 3 heteroatoms. The minimum Gasteiger partial charge on any atom is -0.497 e. The Balaban J connectivity index is 1.77. The molecule has 1 saturated carbocycles. The first kappa shape index (κ1) is 18.9. The molecule has 0 saturated heterocycles. The lowest BCUT2D eigenvalue weighted by molar-refractivity contribution is -0.0752. The van der Waals surface area contributed by atoms with Gasteiger partial charge in [0.2, 0.25) is 0 Å². The number of hydrogen-bond acceptors (Lipinski definition) is 3. The van der Waals surface area contributed by atoms with E-state index >= 15 is 0 Å². The number of rotatable bonds is 6. The van der Waals surface area contributed by atoms with Gasteiger partial charge in [-0.15, -0.1) is 0 Å². The van der Waals surface area contributed by atoms with Crippen LogP contribution in [-0.4, -0.2) is 37.8 Å². The molecule has 1 N–H and O–H groups in total. The van der Waals surface area contributed by atoms with E-state index in [4.69, 9.17) is 4.74 Å². The van der Waals surface area contributed by atoms with Crippen LogP contribution in [0.4, 0.5) is 0 Å². The Bertz CT molecular complexity index is 700. The summed E-state index contributed by atoms with van der Waals surface area (Å²) < 4.78 is 5.36. The fraction of sp³-hybridized carbons (Fsp3) is 0.478. The molecule has 0 amide bonds. The highest BCUT2D eigenvalue weighted by Crippen LogP contribution is 2.45. The minimum atomic E-state index is -0.726. The summed E-state index contributed by atoms with van der Waals surface area (Å²) in [7, 11) is 5.90. The average Bonchev–Trinajstić information content (AvgIpc) is 2.65. The first-order valence-electron chi connectivity index (χ1n) is 9.57. The van der Waals surface area contributed by atoms with Crippen LogP contribution in [0.2, 0.25) is 0 Å². The molecule has 0 spiro atoms. The van der Waals surface area contributed by atoms with Gasteiger partial charge in [0, 0.05) is 12.5 Å². The third-order valence-electron chi connectivity index (χ3n) is 5.74. The normalized spacial score (nSPS) is 26.0. The Morgan fingerprint density at radius 2 is 1.88 bits per heavy atom. The van der Waals surface area contributed by atoms with Gasteiger partial charge in [-0.3, -0.25) is 0 Å². The Hall–Kier alpha value is -1.84. The van der Waals surface area contributed by atoms with Crippen LogP contribution in [0.25, 0.3) is 0 Å². The first-order valence-corrected chi connectivity index (χ1v) is 9.57. The van der Waals surface area contributed by atoms with Crippen molar-refractivity contribution in [1.82, 2.24) is 4.90 Å². The second kappa shape index (κ2) is 8.24. The molecule has 1 fully saturated rings. The molecule has 0 aromatic heterocycles. The molecule has 3 unspecified atom stereocenters. The Kier molecular flexibility index (Phi) is 6.00. The van der Waals surface area contributed by atoms with E-state index in [2.05, 4.69) is 49.3 Å². The monoisotopic (exact) mass is 353 g/mol. The Morgan fingerprint density at radius 3 is 2.58 bits per heavy atom. The zero-order chi connectivity index (χ0) is 18.6. The van der Waals surface area contributed by atoms with E-state index in [1.165, 1.54) is 5.56 Å². The number of ether oxygens (including phenoxy) is 1. The highest BCUT2D eigenvalue weighted by Gasteiger charge is 2.43. The molecule has 0 bridgehead atoms. The standard InChI is InChI=1S/C23H31NO2/c1-24(2)17-21-15-19(14-18-8-7-11-22(16-18)26-3)12-13-23(21,25)20-9-5-4-6-10-20/h4-11,16,19,21,25H,12-15,17H2,1-3H3. The van der Waals surface area contributed by atoms with Crippen molar-refractivity contribution < 1.29 is 9.84 Å². The second-order valence-corrected chi connectivity index (χ2v) is 7.95. The molecule has 140 valence electrons. The van der Waals surface area contributed by atoms with Gasteiger partial charge in [-0.25, -0.2) is 0 Å². The third-order valence-corrected chi connectivity index (χ3v) is 5.74. The maximum absolute atomic E-state index is 11.6. The van der Waals surface area contributed by atoms with Gasteiger partial charge in [0.1, 0.15) is 5.75 Å². The third kappa shape index (κ3) is 4.28. The topological polar surface area (TPSA) is 32.7 Å². The van der Waals surface area contributed by atoms with Gasteiger partial charge in [-0.2, -0.15) is 0 Å². The fourth-order valence-electron chi connectivity index (χ4n) is 4.43. The summed E-state index contributed by atoms with van der Waals surface area (Å²) in [5, 5.41) is 11.6. The Labute approximate surface area is 157 Å². The van der Waals surface area contributed by atoms with Gasteiger partial charge in [-0.05, 0) is 69.0 Å². The number of hydrogen-bond donors (Lipinski definition) is 1. The van der Waals surface area contributed by atoms with E-state index in [1.807, 2.05) is 24.3 Å². The molecule has 3 rings (SSSR count). The van der Waals surface area contributed by atoms with Crippen molar-refractivity contribution in [3.8, 4) is 5.75 Å². The lowest BCUT2D eigenvalue weighted by atomic mass is 9.66. The van der Waals surface area contributed by atoms with Crippen LogP contribution < -0.4 is 4.74 Å². The largest absolute Gasteiger partial charge is 0.497 e. The van der Waals surface area contributed by atoms with Crippen LogP contribution in [-0.2, 0) is 12.0 Å². The molecule has 0 radical (unpaired) electrons. The van der Waals surface area contributed by atoms with E-state index in [0.717, 1.165) is 43.5 Å². The summed E-state index contributed by atoms with van der Waals surface area (Å²) in [5.74, 6) is 1.75. The Morgan fingerprint density at radius 1 is 1.12 bits per heavy atom. The van der Waals surface area contributed by atoms with Gasteiger partial charge in [0.15, 0.2) is 0 Å². The molecule has 26 heavy (non-hydrogen) atoms. The maximum Gasteiger partial charge on any atom is 0.119 e. The smallest absolute Gasteiger partial charge is 0.119 e. The highest BCUT2D eigenvalue weighted by molar-refractivity contribution is 5.29. The molecule has 1 aliphatic rings. The molecule has 3 nitrogen and oxygen atoms in total. The fourth-order valence-corrected chi connectivity index (χ4v) is 4.43. The van der Waals surface area contributed by atoms with Crippen molar-refractivity contribution in [1.29, 1.82) is 0 Å². The molecular weight excluding hydrogens is 322 g/mol. The lowest BCUT2D eigenvalue weighted by Gasteiger charge is -2.44. The molecule has 3 atom stereocenters. The van der Waals surface area contributed by atoms with Crippen molar-refractivity contribution in [3.63, 3.8) is 0 Å². The van der Waals surface area contributed by atoms with Gasteiger partial charge in [-0.1, -0.05) is 42.5 Å². The van der Waals surface area contributed by atoms with Crippen LogP contribution in [0.1, 0.15) is 30.4 Å². The van der Waals surface area contributed by atoms with E-state index in [9.17, 15) is 5.11 Å². The van der Waals surface area contributed by atoms with Gasteiger partial charge < -0.3 is 14.7 Å². The second-order valence-electron chi connectivity index (χ2n) is 7.95. The predicted molar refractivity (Wildman–Crippen MR) is 106 cm³/mol. The zero-order valence-corrected chi connectivity index (χ0v) is 16.2. The molecule has 0 aliphatic heterocycles. The summed E-state index contributed by atoms with van der Waals surface area (Å²) >= 11 is 0. The maximum atomic E-state index is 11.6. The first-order chi connectivity index (χ1) is 12.5. The average molecular weight is 354 g/mol. The van der Waals surface area contributed by atoms with Crippen molar-refractivity contribution in [2.75, 3.05) is 27.7 Å². The van der Waals surface area contributed by atoms with E-state index < -0.39 is 5.60 Å². The quantitative estimate of drug-likeness (QED) is 0.848. The summed E-state index contributed by atoms with van der Waals surface area (Å²) in [4.78, 5) is 2.20. The molecule has 2 aromatic rings. The summed E-state index contributed by atoms with van der Waals surface area (Å²) in [6.45, 7) is 0.903. The number of nitrogens with zero attached hydrogens (tertiary/aromatic N) is 1. The van der Waals surface area contributed by atoms with Gasteiger partial charge in [0.05, 0.1) is 12.7 Å². The highest BCUT2D eigenvalue weighted by atomic mass is 16.5. The van der Waals surface area contributed by atoms with E-state index in [1.54, 1.807) is 7.11 Å². The van der Waals surface area contributed by atoms with Crippen molar-refractivity contribution in [3.05, 3.63) is 65.7 Å². The molecule has 2 aromatic carbocycles. The van der Waals surface area contributed by atoms with E-state index in [-0.39, 0.29) is 5.92 Å². The zero-order valence-electron chi connectivity index (χ0n) is 16.2. The van der Waals surface area contributed by atoms with E-state index in [0.29, 0.717) is 5.92 Å². The molecule has 0 heterocycles. The minimum absolute atomic E-state index is 0.240. The van der Waals surface area contributed by atoms with Crippen LogP contribution in [0.3, 0.4) is 0 Å². The summed E-state index contributed by atoms with van der Waals surface area (Å²) in [6, 6.07) is 18.6. The predicted octanol–water partition coefficient (Wildman–Crippen LogP) is 4.10. The number of methoxy groups -OCH3 is 1. The van der Waals surface area contributed by atoms with Crippen LogP contribution in [0.15, 0.2) is 54.6 Å². The summed E-state index contributed by atoms with van der Waals surface area (Å²) in [6.07, 6.45) is 3.96. The van der Waals surface area contributed by atoms with Crippen LogP contribution in [0, 0.1) is 11.8 Å². The van der Waals surface area contributed by atoms with Crippen molar-refractivity contribution in [2.24, 2.45) is 11.8 Å². The van der Waals surface area contributed by atoms with Crippen LogP contribution in [0.5, 0.6) is 5.75 Å². The molecular formula is C23H31NO2. The number of aliphatic hydroxyl groups is 1. The SMILES string of the molecule is COc1cccc(CC2CCC(O)(c3ccccc3)C(CN(C)C)C2)c1. The van der Waals surface area contributed by atoms with Gasteiger partial charge >= 0.3 is 0 Å². The van der Waals surface area contributed by atoms with Crippen molar-refractivity contribution in [2.45, 2.75) is 31.3 Å². The van der Waals surface area contributed by atoms with Crippen molar-refractivity contribution >= 4 is 0 Å². The van der Waals surface area contributed by atoms with Crippen LogP contribution >= 0.6 is 0 Å². The lowest BCUT2D eigenvalue weighted by Crippen LogP contribution is -2.45. The molecule has 1 aliphatic carbocycles. The van der Waals surface area contributed by atoms with Gasteiger partial charge in [0.25, 0.3) is 0 Å². The summed E-state index contributed by atoms with van der Waals surface area (Å²) in [5.41, 5.74) is 1.66.